The maximum atomic E-state index is 12.8. The second-order valence-corrected chi connectivity index (χ2v) is 6.91. The molecule has 3 rings (SSSR count). The Hall–Kier alpha value is -3.60. The molecule has 154 valence electrons. The quantitative estimate of drug-likeness (QED) is 0.447. The number of ether oxygens (including phenoxy) is 1. The fourth-order valence-corrected chi connectivity index (χ4v) is 2.98. The van der Waals surface area contributed by atoms with Crippen molar-refractivity contribution >= 4 is 23.2 Å². The molecule has 0 radical (unpaired) electrons. The zero-order chi connectivity index (χ0) is 21.2. The molecule has 0 aliphatic rings. The largest absolute Gasteiger partial charge is 0.493 e. The Morgan fingerprint density at radius 1 is 0.767 bits per heavy atom. The van der Waals surface area contributed by atoms with Gasteiger partial charge in [-0.25, -0.2) is 0 Å². The molecule has 5 nitrogen and oxygen atoms in total. The van der Waals surface area contributed by atoms with Gasteiger partial charge in [-0.2, -0.15) is 0 Å². The van der Waals surface area contributed by atoms with Crippen LogP contribution in [-0.2, 0) is 0 Å². The Morgan fingerprint density at radius 3 is 2.27 bits per heavy atom. The van der Waals surface area contributed by atoms with Crippen molar-refractivity contribution in [2.24, 2.45) is 0 Å². The molecule has 0 aliphatic carbocycles. The molecular formula is C25H26N2O3. The second kappa shape index (κ2) is 10.8. The predicted octanol–water partition coefficient (Wildman–Crippen LogP) is 5.76. The van der Waals surface area contributed by atoms with Crippen molar-refractivity contribution in [3.8, 4) is 5.75 Å². The summed E-state index contributed by atoms with van der Waals surface area (Å²) < 4.78 is 5.80. The van der Waals surface area contributed by atoms with E-state index >= 15 is 0 Å². The molecule has 0 bridgehead atoms. The Balaban J connectivity index is 1.67. The minimum Gasteiger partial charge on any atom is -0.493 e. The van der Waals surface area contributed by atoms with Crippen LogP contribution in [-0.4, -0.2) is 18.4 Å². The van der Waals surface area contributed by atoms with Crippen LogP contribution in [0.15, 0.2) is 78.9 Å². The molecule has 0 saturated carbocycles. The normalized spacial score (nSPS) is 10.3. The number of carbonyl (C=O) groups excluding carboxylic acids is 2. The highest BCUT2D eigenvalue weighted by molar-refractivity contribution is 6.08. The van der Waals surface area contributed by atoms with Crippen LogP contribution in [0.5, 0.6) is 5.75 Å². The van der Waals surface area contributed by atoms with E-state index < -0.39 is 0 Å². The van der Waals surface area contributed by atoms with Gasteiger partial charge in [0.05, 0.1) is 12.2 Å². The number of amides is 2. The van der Waals surface area contributed by atoms with E-state index in [1.807, 2.05) is 36.4 Å². The lowest BCUT2D eigenvalue weighted by Crippen LogP contribution is -2.15. The molecule has 0 unspecified atom stereocenters. The topological polar surface area (TPSA) is 67.4 Å². The summed E-state index contributed by atoms with van der Waals surface area (Å²) in [5, 5.41) is 5.70. The first-order valence-electron chi connectivity index (χ1n) is 10.2. The van der Waals surface area contributed by atoms with Crippen molar-refractivity contribution in [2.75, 3.05) is 17.2 Å². The van der Waals surface area contributed by atoms with Crippen LogP contribution in [0.1, 0.15) is 46.9 Å². The number of para-hydroxylation sites is 2. The molecule has 0 saturated heterocycles. The number of unbranched alkanes of at least 4 members (excludes halogenated alkanes) is 2. The lowest BCUT2D eigenvalue weighted by Gasteiger charge is -2.12. The van der Waals surface area contributed by atoms with Crippen LogP contribution in [0.4, 0.5) is 11.4 Å². The summed E-state index contributed by atoms with van der Waals surface area (Å²) in [5.74, 6) is 0.0442. The molecule has 5 heteroatoms. The standard InChI is InChI=1S/C25H26N2O3/c1-2-3-9-17-30-23-16-8-7-15-22(23)25(29)27-21-14-10-11-19(18-21)24(28)26-20-12-5-4-6-13-20/h4-8,10-16,18H,2-3,9,17H2,1H3,(H,26,28)(H,27,29). The monoisotopic (exact) mass is 402 g/mol. The molecule has 0 heterocycles. The van der Waals surface area contributed by atoms with Crippen LogP contribution in [0.2, 0.25) is 0 Å². The van der Waals surface area contributed by atoms with Crippen LogP contribution in [0.3, 0.4) is 0 Å². The highest BCUT2D eigenvalue weighted by Gasteiger charge is 2.13. The van der Waals surface area contributed by atoms with E-state index in [2.05, 4.69) is 17.6 Å². The van der Waals surface area contributed by atoms with Gasteiger partial charge in [-0.15, -0.1) is 0 Å². The van der Waals surface area contributed by atoms with Gasteiger partial charge in [-0.05, 0) is 48.9 Å². The smallest absolute Gasteiger partial charge is 0.259 e. The fraction of sp³-hybridized carbons (Fsp3) is 0.200. The summed E-state index contributed by atoms with van der Waals surface area (Å²) in [7, 11) is 0. The third-order valence-electron chi connectivity index (χ3n) is 4.55. The third kappa shape index (κ3) is 5.95. The van der Waals surface area contributed by atoms with E-state index in [4.69, 9.17) is 4.74 Å². The van der Waals surface area contributed by atoms with E-state index in [0.717, 1.165) is 19.3 Å². The van der Waals surface area contributed by atoms with Crippen LogP contribution in [0, 0.1) is 0 Å². The van der Waals surface area contributed by atoms with Gasteiger partial charge in [-0.3, -0.25) is 9.59 Å². The first kappa shape index (κ1) is 21.1. The number of anilines is 2. The first-order valence-corrected chi connectivity index (χ1v) is 10.2. The zero-order valence-corrected chi connectivity index (χ0v) is 17.1. The lowest BCUT2D eigenvalue weighted by molar-refractivity contribution is 0.101. The van der Waals surface area contributed by atoms with Crippen molar-refractivity contribution < 1.29 is 14.3 Å². The lowest BCUT2D eigenvalue weighted by atomic mass is 10.1. The molecule has 0 aromatic heterocycles. The van der Waals surface area contributed by atoms with E-state index in [-0.39, 0.29) is 11.8 Å². The highest BCUT2D eigenvalue weighted by Crippen LogP contribution is 2.21. The summed E-state index contributed by atoms with van der Waals surface area (Å²) in [6.07, 6.45) is 3.15. The summed E-state index contributed by atoms with van der Waals surface area (Å²) in [6.45, 7) is 2.71. The first-order chi connectivity index (χ1) is 14.7. The summed E-state index contributed by atoms with van der Waals surface area (Å²) >= 11 is 0. The van der Waals surface area contributed by atoms with E-state index in [0.29, 0.717) is 34.9 Å². The third-order valence-corrected chi connectivity index (χ3v) is 4.55. The zero-order valence-electron chi connectivity index (χ0n) is 17.1. The average Bonchev–Trinajstić information content (AvgIpc) is 2.78. The molecule has 0 fully saturated rings. The van der Waals surface area contributed by atoms with Gasteiger partial charge in [0.25, 0.3) is 11.8 Å². The summed E-state index contributed by atoms with van der Waals surface area (Å²) in [6, 6.07) is 23.3. The van der Waals surface area contributed by atoms with Crippen molar-refractivity contribution in [3.05, 3.63) is 90.0 Å². The number of carbonyl (C=O) groups is 2. The minimum absolute atomic E-state index is 0.239. The molecule has 2 N–H and O–H groups in total. The van der Waals surface area contributed by atoms with Crippen molar-refractivity contribution in [3.63, 3.8) is 0 Å². The Bertz CT molecular complexity index is 986. The van der Waals surface area contributed by atoms with Gasteiger partial charge in [-0.1, -0.05) is 56.2 Å². The maximum Gasteiger partial charge on any atom is 0.259 e. The highest BCUT2D eigenvalue weighted by atomic mass is 16.5. The molecular weight excluding hydrogens is 376 g/mol. The molecule has 30 heavy (non-hydrogen) atoms. The van der Waals surface area contributed by atoms with Crippen LogP contribution in [0.25, 0.3) is 0 Å². The Labute approximate surface area is 177 Å². The van der Waals surface area contributed by atoms with Crippen LogP contribution >= 0.6 is 0 Å². The van der Waals surface area contributed by atoms with E-state index in [1.54, 1.807) is 42.5 Å². The van der Waals surface area contributed by atoms with Gasteiger partial charge >= 0.3 is 0 Å². The summed E-state index contributed by atoms with van der Waals surface area (Å²) in [5.41, 5.74) is 2.18. The number of benzene rings is 3. The average molecular weight is 402 g/mol. The van der Waals surface area contributed by atoms with Gasteiger partial charge in [0.1, 0.15) is 5.75 Å². The number of rotatable bonds is 9. The number of nitrogens with one attached hydrogen (secondary N) is 2. The van der Waals surface area contributed by atoms with E-state index in [1.165, 1.54) is 0 Å². The van der Waals surface area contributed by atoms with Crippen LogP contribution < -0.4 is 15.4 Å². The van der Waals surface area contributed by atoms with Crippen molar-refractivity contribution in [1.82, 2.24) is 0 Å². The van der Waals surface area contributed by atoms with Gasteiger partial charge in [0.15, 0.2) is 0 Å². The van der Waals surface area contributed by atoms with Gasteiger partial charge in [0.2, 0.25) is 0 Å². The van der Waals surface area contributed by atoms with Gasteiger partial charge < -0.3 is 15.4 Å². The predicted molar refractivity (Wildman–Crippen MR) is 120 cm³/mol. The molecule has 0 spiro atoms. The Morgan fingerprint density at radius 2 is 1.47 bits per heavy atom. The molecule has 2 amide bonds. The van der Waals surface area contributed by atoms with E-state index in [9.17, 15) is 9.59 Å². The fourth-order valence-electron chi connectivity index (χ4n) is 2.98. The minimum atomic E-state index is -0.276. The van der Waals surface area contributed by atoms with Gasteiger partial charge in [0, 0.05) is 16.9 Å². The molecule has 0 atom stereocenters. The SMILES string of the molecule is CCCCCOc1ccccc1C(=O)Nc1cccc(C(=O)Nc2ccccc2)c1. The summed E-state index contributed by atoms with van der Waals surface area (Å²) in [4.78, 5) is 25.3. The number of hydrogen-bond donors (Lipinski definition) is 2. The molecule has 0 aliphatic heterocycles. The van der Waals surface area contributed by atoms with Crippen molar-refractivity contribution in [2.45, 2.75) is 26.2 Å². The maximum absolute atomic E-state index is 12.8. The van der Waals surface area contributed by atoms with Crippen molar-refractivity contribution in [1.29, 1.82) is 0 Å². The molecule has 3 aromatic rings. The Kier molecular flexibility index (Phi) is 7.61. The second-order valence-electron chi connectivity index (χ2n) is 6.91. The molecule has 3 aromatic carbocycles. The number of hydrogen-bond acceptors (Lipinski definition) is 3.